The fourth-order valence-electron chi connectivity index (χ4n) is 3.42. The zero-order chi connectivity index (χ0) is 20.1. The molecule has 0 saturated heterocycles. The number of hydrogen-bond donors (Lipinski definition) is 1. The number of halogens is 1. The summed E-state index contributed by atoms with van der Waals surface area (Å²) in [5.74, 6) is 0.468. The molecule has 29 heavy (non-hydrogen) atoms. The van der Waals surface area contributed by atoms with Gasteiger partial charge in [0, 0.05) is 12.1 Å². The number of aromatic amines is 1. The largest absolute Gasteiger partial charge is 0.329 e. The van der Waals surface area contributed by atoms with Gasteiger partial charge >= 0.3 is 5.69 Å². The average Bonchev–Trinajstić information content (AvgIpc) is 3.13. The Hall–Kier alpha value is -3.65. The van der Waals surface area contributed by atoms with Crippen LogP contribution in [0.15, 0.2) is 69.3 Å². The Morgan fingerprint density at radius 3 is 2.48 bits per heavy atom. The van der Waals surface area contributed by atoms with Gasteiger partial charge in [-0.2, -0.15) is 15.1 Å². The van der Waals surface area contributed by atoms with E-state index < -0.39 is 11.2 Å². The molecule has 0 saturated carbocycles. The SMILES string of the molecule is Cn1c(=O)[nH]c(=O)c2c1nc1n2CC(c2ccc(Cl)cc2)=NN1c1ccccc1. The third-order valence-electron chi connectivity index (χ3n) is 4.88. The number of nitrogens with zero attached hydrogens (tertiary/aromatic N) is 5. The van der Waals surface area contributed by atoms with Crippen LogP contribution in [0.1, 0.15) is 5.56 Å². The van der Waals surface area contributed by atoms with E-state index in [2.05, 4.69) is 9.97 Å². The molecule has 0 radical (unpaired) electrons. The molecule has 1 aliphatic heterocycles. The summed E-state index contributed by atoms with van der Waals surface area (Å²) in [6, 6.07) is 16.9. The third-order valence-corrected chi connectivity index (χ3v) is 5.14. The lowest BCUT2D eigenvalue weighted by atomic mass is 10.1. The normalized spacial score (nSPS) is 13.4. The summed E-state index contributed by atoms with van der Waals surface area (Å²) in [4.78, 5) is 31.6. The molecule has 144 valence electrons. The molecule has 0 bridgehead atoms. The second kappa shape index (κ2) is 6.46. The standard InChI is InChI=1S/C20H15ClN6O2/c1-25-17-16(18(28)23-20(25)29)26-11-15(12-7-9-13(21)10-8-12)24-27(19(26)22-17)14-5-3-2-4-6-14/h2-10H,11H2,1H3,(H,23,28,29). The average molecular weight is 407 g/mol. The van der Waals surface area contributed by atoms with Crippen LogP contribution in [0.3, 0.4) is 0 Å². The number of H-pyrrole nitrogens is 1. The van der Waals surface area contributed by atoms with Crippen molar-refractivity contribution in [1.29, 1.82) is 0 Å². The van der Waals surface area contributed by atoms with Gasteiger partial charge in [-0.1, -0.05) is 41.9 Å². The van der Waals surface area contributed by atoms with Crippen LogP contribution in [0.25, 0.3) is 11.2 Å². The minimum Gasteiger partial charge on any atom is -0.296 e. The molecular formula is C20H15ClN6O2. The summed E-state index contributed by atoms with van der Waals surface area (Å²) in [7, 11) is 1.58. The number of fused-ring (bicyclic) bond motifs is 3. The zero-order valence-corrected chi connectivity index (χ0v) is 16.1. The smallest absolute Gasteiger partial charge is 0.296 e. The van der Waals surface area contributed by atoms with Gasteiger partial charge in [0.05, 0.1) is 17.9 Å². The van der Waals surface area contributed by atoms with Crippen LogP contribution in [0.4, 0.5) is 11.6 Å². The Morgan fingerprint density at radius 2 is 1.76 bits per heavy atom. The van der Waals surface area contributed by atoms with Crippen molar-refractivity contribution < 1.29 is 0 Å². The molecule has 1 aliphatic rings. The number of hydrazone groups is 1. The fraction of sp³-hybridized carbons (Fsp3) is 0.100. The molecular weight excluding hydrogens is 392 g/mol. The lowest BCUT2D eigenvalue weighted by molar-refractivity contribution is 0.795. The topological polar surface area (TPSA) is 88.3 Å². The number of aromatic nitrogens is 4. The van der Waals surface area contributed by atoms with Crippen LogP contribution < -0.4 is 16.3 Å². The first-order chi connectivity index (χ1) is 14.0. The number of nitrogens with one attached hydrogen (secondary N) is 1. The van der Waals surface area contributed by atoms with Crippen molar-refractivity contribution in [3.8, 4) is 0 Å². The van der Waals surface area contributed by atoms with Gasteiger partial charge in [0.25, 0.3) is 5.56 Å². The van der Waals surface area contributed by atoms with E-state index in [0.29, 0.717) is 28.7 Å². The van der Waals surface area contributed by atoms with E-state index in [1.165, 1.54) is 4.57 Å². The predicted molar refractivity (Wildman–Crippen MR) is 112 cm³/mol. The molecule has 5 rings (SSSR count). The minimum absolute atomic E-state index is 0.308. The molecule has 8 nitrogen and oxygen atoms in total. The number of benzene rings is 2. The number of aryl methyl sites for hydroxylation is 1. The summed E-state index contributed by atoms with van der Waals surface area (Å²) < 4.78 is 3.10. The minimum atomic E-state index is -0.511. The maximum absolute atomic E-state index is 12.6. The van der Waals surface area contributed by atoms with E-state index in [1.807, 2.05) is 42.5 Å². The van der Waals surface area contributed by atoms with Gasteiger partial charge in [-0.25, -0.2) is 4.79 Å². The Morgan fingerprint density at radius 1 is 1.03 bits per heavy atom. The van der Waals surface area contributed by atoms with Crippen molar-refractivity contribution in [3.05, 3.63) is 86.0 Å². The summed E-state index contributed by atoms with van der Waals surface area (Å²) in [5.41, 5.74) is 2.05. The van der Waals surface area contributed by atoms with Crippen LogP contribution in [-0.2, 0) is 13.6 Å². The Kier molecular flexibility index (Phi) is 3.88. The van der Waals surface area contributed by atoms with Gasteiger partial charge in [0.15, 0.2) is 11.2 Å². The third kappa shape index (κ3) is 2.76. The molecule has 0 atom stereocenters. The first kappa shape index (κ1) is 17.4. The maximum atomic E-state index is 12.6. The van der Waals surface area contributed by atoms with Gasteiger partial charge in [-0.15, -0.1) is 0 Å². The highest BCUT2D eigenvalue weighted by molar-refractivity contribution is 6.30. The maximum Gasteiger partial charge on any atom is 0.329 e. The van der Waals surface area contributed by atoms with E-state index in [1.54, 1.807) is 28.8 Å². The van der Waals surface area contributed by atoms with E-state index in [0.717, 1.165) is 17.0 Å². The van der Waals surface area contributed by atoms with Crippen LogP contribution in [0.2, 0.25) is 5.02 Å². The number of rotatable bonds is 2. The highest BCUT2D eigenvalue weighted by Crippen LogP contribution is 2.31. The van der Waals surface area contributed by atoms with Crippen LogP contribution >= 0.6 is 11.6 Å². The second-order valence-corrected chi connectivity index (χ2v) is 7.13. The summed E-state index contributed by atoms with van der Waals surface area (Å²) in [6.07, 6.45) is 0. The van der Waals surface area contributed by atoms with Gasteiger partial charge in [-0.3, -0.25) is 18.9 Å². The molecule has 3 heterocycles. The van der Waals surface area contributed by atoms with Crippen molar-refractivity contribution in [2.24, 2.45) is 12.1 Å². The number of para-hydroxylation sites is 1. The van der Waals surface area contributed by atoms with E-state index in [-0.39, 0.29) is 0 Å². The summed E-state index contributed by atoms with van der Waals surface area (Å²) >= 11 is 6.03. The molecule has 0 spiro atoms. The molecule has 0 unspecified atom stereocenters. The molecule has 0 fully saturated rings. The Balaban J connectivity index is 1.79. The number of imidazole rings is 1. The van der Waals surface area contributed by atoms with Crippen LogP contribution in [0.5, 0.6) is 0 Å². The molecule has 1 N–H and O–H groups in total. The van der Waals surface area contributed by atoms with Crippen molar-refractivity contribution >= 4 is 40.1 Å². The molecule has 2 aromatic carbocycles. The molecule has 0 aliphatic carbocycles. The lowest BCUT2D eigenvalue weighted by Crippen LogP contribution is -2.31. The fourth-order valence-corrected chi connectivity index (χ4v) is 3.54. The second-order valence-electron chi connectivity index (χ2n) is 6.69. The highest BCUT2D eigenvalue weighted by Gasteiger charge is 2.28. The van der Waals surface area contributed by atoms with E-state index in [4.69, 9.17) is 16.7 Å². The predicted octanol–water partition coefficient (Wildman–Crippen LogP) is 2.63. The van der Waals surface area contributed by atoms with Gasteiger partial charge in [-0.05, 0) is 29.8 Å². The zero-order valence-electron chi connectivity index (χ0n) is 15.3. The summed E-state index contributed by atoms with van der Waals surface area (Å²) in [6.45, 7) is 0.331. The number of hydrogen-bond acceptors (Lipinski definition) is 5. The molecule has 2 aromatic heterocycles. The van der Waals surface area contributed by atoms with Crippen molar-refractivity contribution in [1.82, 2.24) is 19.1 Å². The van der Waals surface area contributed by atoms with Crippen LogP contribution in [-0.4, -0.2) is 24.8 Å². The first-order valence-electron chi connectivity index (χ1n) is 8.91. The van der Waals surface area contributed by atoms with Crippen molar-refractivity contribution in [2.75, 3.05) is 5.01 Å². The van der Waals surface area contributed by atoms with Crippen molar-refractivity contribution in [2.45, 2.75) is 6.54 Å². The monoisotopic (exact) mass is 406 g/mol. The Bertz CT molecular complexity index is 1380. The molecule has 0 amide bonds. The van der Waals surface area contributed by atoms with Gasteiger partial charge in [0.2, 0.25) is 5.95 Å². The van der Waals surface area contributed by atoms with Crippen molar-refractivity contribution in [3.63, 3.8) is 0 Å². The van der Waals surface area contributed by atoms with E-state index >= 15 is 0 Å². The first-order valence-corrected chi connectivity index (χ1v) is 9.29. The number of anilines is 2. The highest BCUT2D eigenvalue weighted by atomic mass is 35.5. The lowest BCUT2D eigenvalue weighted by Gasteiger charge is -2.26. The molecule has 4 aromatic rings. The van der Waals surface area contributed by atoms with Crippen LogP contribution in [0, 0.1) is 0 Å². The van der Waals surface area contributed by atoms with E-state index in [9.17, 15) is 9.59 Å². The summed E-state index contributed by atoms with van der Waals surface area (Å²) in [5, 5.41) is 7.10. The Labute approximate surface area is 169 Å². The van der Waals surface area contributed by atoms with Gasteiger partial charge in [0.1, 0.15) is 0 Å². The van der Waals surface area contributed by atoms with Gasteiger partial charge < -0.3 is 0 Å². The molecule has 9 heteroatoms. The quantitative estimate of drug-likeness (QED) is 0.554.